The van der Waals surface area contributed by atoms with Crippen molar-refractivity contribution in [1.82, 2.24) is 9.78 Å². The first-order valence-electron chi connectivity index (χ1n) is 4.68. The van der Waals surface area contributed by atoms with Crippen LogP contribution >= 0.6 is 27.3 Å². The fourth-order valence-corrected chi connectivity index (χ4v) is 3.03. The molecule has 0 saturated carbocycles. The Balaban J connectivity index is 2.64. The van der Waals surface area contributed by atoms with Crippen molar-refractivity contribution in [1.29, 1.82) is 0 Å². The Bertz CT molecular complexity index is 519. The molecule has 16 heavy (non-hydrogen) atoms. The van der Waals surface area contributed by atoms with E-state index in [1.165, 1.54) is 0 Å². The lowest BCUT2D eigenvalue weighted by Gasteiger charge is -2.01. The van der Waals surface area contributed by atoms with Crippen molar-refractivity contribution >= 4 is 33.2 Å². The Kier molecular flexibility index (Phi) is 3.11. The minimum atomic E-state index is -1.02. The van der Waals surface area contributed by atoms with Gasteiger partial charge in [-0.2, -0.15) is 5.10 Å². The number of hydrogen-bond donors (Lipinski definition) is 1. The van der Waals surface area contributed by atoms with Gasteiger partial charge in [0, 0.05) is 6.54 Å². The van der Waals surface area contributed by atoms with Crippen LogP contribution in [0.25, 0.3) is 10.6 Å². The highest BCUT2D eigenvalue weighted by Gasteiger charge is 2.21. The molecule has 2 rings (SSSR count). The molecule has 1 N–H and O–H groups in total. The van der Waals surface area contributed by atoms with Crippen molar-refractivity contribution in [3.8, 4) is 10.6 Å². The Morgan fingerprint density at radius 3 is 2.94 bits per heavy atom. The van der Waals surface area contributed by atoms with Gasteiger partial charge < -0.3 is 5.11 Å². The zero-order valence-corrected chi connectivity index (χ0v) is 10.9. The second kappa shape index (κ2) is 4.39. The normalized spacial score (nSPS) is 10.6. The van der Waals surface area contributed by atoms with E-state index in [4.69, 9.17) is 5.11 Å². The molecular weight excluding hydrogens is 292 g/mol. The highest BCUT2D eigenvalue weighted by atomic mass is 79.9. The van der Waals surface area contributed by atoms with Crippen molar-refractivity contribution in [2.45, 2.75) is 13.5 Å². The molecule has 0 aliphatic carbocycles. The highest BCUT2D eigenvalue weighted by Crippen LogP contribution is 2.34. The molecule has 2 aromatic rings. The molecule has 2 heterocycles. The van der Waals surface area contributed by atoms with Gasteiger partial charge >= 0.3 is 5.97 Å². The van der Waals surface area contributed by atoms with Gasteiger partial charge in [-0.1, -0.05) is 6.07 Å². The maximum absolute atomic E-state index is 11.0. The van der Waals surface area contributed by atoms with Crippen LogP contribution < -0.4 is 0 Å². The van der Waals surface area contributed by atoms with Crippen LogP contribution in [0, 0.1) is 0 Å². The summed E-state index contributed by atoms with van der Waals surface area (Å²) in [5.41, 5.74) is 0.889. The monoisotopic (exact) mass is 300 g/mol. The molecule has 2 aromatic heterocycles. The summed E-state index contributed by atoms with van der Waals surface area (Å²) >= 11 is 4.87. The summed E-state index contributed by atoms with van der Waals surface area (Å²) in [7, 11) is 0. The number of thiophene rings is 1. The SMILES string of the molecule is CCn1nc(C(=O)O)c(Br)c1-c1cccs1. The van der Waals surface area contributed by atoms with E-state index in [1.807, 2.05) is 24.4 Å². The van der Waals surface area contributed by atoms with Gasteiger partial charge in [-0.3, -0.25) is 4.68 Å². The first-order chi connectivity index (χ1) is 7.65. The predicted molar refractivity (Wildman–Crippen MR) is 65.9 cm³/mol. The van der Waals surface area contributed by atoms with E-state index >= 15 is 0 Å². The van der Waals surface area contributed by atoms with Crippen molar-refractivity contribution < 1.29 is 9.90 Å². The summed E-state index contributed by atoms with van der Waals surface area (Å²) in [4.78, 5) is 12.0. The maximum Gasteiger partial charge on any atom is 0.357 e. The van der Waals surface area contributed by atoms with E-state index in [1.54, 1.807) is 16.0 Å². The third-order valence-electron chi connectivity index (χ3n) is 2.15. The van der Waals surface area contributed by atoms with Crippen LogP contribution in [0.3, 0.4) is 0 Å². The van der Waals surface area contributed by atoms with Gasteiger partial charge in [0.05, 0.1) is 15.0 Å². The molecule has 0 radical (unpaired) electrons. The lowest BCUT2D eigenvalue weighted by atomic mass is 10.3. The fraction of sp³-hybridized carbons (Fsp3) is 0.200. The number of aromatic nitrogens is 2. The van der Waals surface area contributed by atoms with E-state index in [-0.39, 0.29) is 5.69 Å². The van der Waals surface area contributed by atoms with Gasteiger partial charge in [0.1, 0.15) is 0 Å². The number of carboxylic acid groups (broad SMARTS) is 1. The molecule has 0 atom stereocenters. The van der Waals surface area contributed by atoms with Crippen LogP contribution in [0.5, 0.6) is 0 Å². The van der Waals surface area contributed by atoms with Crippen LogP contribution in [0.2, 0.25) is 0 Å². The first kappa shape index (κ1) is 11.3. The van der Waals surface area contributed by atoms with E-state index in [0.717, 1.165) is 10.6 Å². The number of aromatic carboxylic acids is 1. The zero-order chi connectivity index (χ0) is 11.7. The summed E-state index contributed by atoms with van der Waals surface area (Å²) in [5.74, 6) is -1.02. The van der Waals surface area contributed by atoms with Gasteiger partial charge in [0.2, 0.25) is 0 Å². The van der Waals surface area contributed by atoms with E-state index in [9.17, 15) is 4.79 Å². The van der Waals surface area contributed by atoms with Crippen LogP contribution in [-0.4, -0.2) is 20.9 Å². The molecular formula is C10H9BrN2O2S. The average Bonchev–Trinajstić information content (AvgIpc) is 2.83. The summed E-state index contributed by atoms with van der Waals surface area (Å²) < 4.78 is 2.24. The van der Waals surface area contributed by atoms with Gasteiger partial charge in [0.25, 0.3) is 0 Å². The predicted octanol–water partition coefficient (Wildman–Crippen LogP) is 3.09. The minimum Gasteiger partial charge on any atom is -0.476 e. The number of hydrogen-bond acceptors (Lipinski definition) is 3. The maximum atomic E-state index is 11.0. The molecule has 0 spiro atoms. The van der Waals surface area contributed by atoms with E-state index < -0.39 is 5.97 Å². The van der Waals surface area contributed by atoms with Gasteiger partial charge in [-0.05, 0) is 34.3 Å². The first-order valence-corrected chi connectivity index (χ1v) is 6.36. The molecule has 0 aliphatic heterocycles. The summed E-state index contributed by atoms with van der Waals surface area (Å²) in [5, 5.41) is 15.0. The molecule has 0 bridgehead atoms. The molecule has 0 saturated heterocycles. The molecule has 0 aliphatic rings. The fourth-order valence-electron chi connectivity index (χ4n) is 1.45. The van der Waals surface area contributed by atoms with E-state index in [2.05, 4.69) is 21.0 Å². The van der Waals surface area contributed by atoms with Crippen molar-refractivity contribution in [2.24, 2.45) is 0 Å². The van der Waals surface area contributed by atoms with Crippen molar-refractivity contribution in [2.75, 3.05) is 0 Å². The molecule has 6 heteroatoms. The molecule has 4 nitrogen and oxygen atoms in total. The number of nitrogens with zero attached hydrogens (tertiary/aromatic N) is 2. The quantitative estimate of drug-likeness (QED) is 0.947. The van der Waals surface area contributed by atoms with E-state index in [0.29, 0.717) is 11.0 Å². The van der Waals surface area contributed by atoms with Crippen molar-refractivity contribution in [3.63, 3.8) is 0 Å². The third-order valence-corrected chi connectivity index (χ3v) is 3.78. The molecule has 0 aromatic carbocycles. The Morgan fingerprint density at radius 1 is 1.69 bits per heavy atom. The Hall–Kier alpha value is -1.14. The standard InChI is InChI=1S/C10H9BrN2O2S/c1-2-13-9(6-4-3-5-16-6)7(11)8(12-13)10(14)15/h3-5H,2H2,1H3,(H,14,15). The Labute approximate surface area is 105 Å². The van der Waals surface area contributed by atoms with Gasteiger partial charge in [0.15, 0.2) is 5.69 Å². The number of carbonyl (C=O) groups is 1. The number of halogens is 1. The van der Waals surface area contributed by atoms with Crippen LogP contribution in [0.1, 0.15) is 17.4 Å². The minimum absolute atomic E-state index is 0.0604. The van der Waals surface area contributed by atoms with Crippen LogP contribution in [0.4, 0.5) is 0 Å². The van der Waals surface area contributed by atoms with Crippen molar-refractivity contribution in [3.05, 3.63) is 27.7 Å². The second-order valence-corrected chi connectivity index (χ2v) is 4.85. The topological polar surface area (TPSA) is 55.1 Å². The molecule has 0 unspecified atom stereocenters. The average molecular weight is 301 g/mol. The second-order valence-electron chi connectivity index (χ2n) is 3.11. The number of carboxylic acids is 1. The Morgan fingerprint density at radius 2 is 2.44 bits per heavy atom. The summed E-state index contributed by atoms with van der Waals surface area (Å²) in [6.45, 7) is 2.57. The highest BCUT2D eigenvalue weighted by molar-refractivity contribution is 9.10. The van der Waals surface area contributed by atoms with Crippen LogP contribution in [-0.2, 0) is 6.54 Å². The summed E-state index contributed by atoms with van der Waals surface area (Å²) in [6.07, 6.45) is 0. The van der Waals surface area contributed by atoms with Gasteiger partial charge in [-0.15, -0.1) is 11.3 Å². The van der Waals surface area contributed by atoms with Gasteiger partial charge in [-0.25, -0.2) is 4.79 Å². The smallest absolute Gasteiger partial charge is 0.357 e. The molecule has 84 valence electrons. The third kappa shape index (κ3) is 1.78. The molecule has 0 fully saturated rings. The summed E-state index contributed by atoms with van der Waals surface area (Å²) in [6, 6.07) is 3.88. The largest absolute Gasteiger partial charge is 0.476 e. The molecule has 0 amide bonds. The number of aryl methyl sites for hydroxylation is 1. The zero-order valence-electron chi connectivity index (χ0n) is 8.48. The lowest BCUT2D eigenvalue weighted by Crippen LogP contribution is -2.02. The lowest BCUT2D eigenvalue weighted by molar-refractivity contribution is 0.0688. The van der Waals surface area contributed by atoms with Crippen LogP contribution in [0.15, 0.2) is 22.0 Å². The number of rotatable bonds is 3.